The summed E-state index contributed by atoms with van der Waals surface area (Å²) in [4.78, 5) is 15.0. The first-order chi connectivity index (χ1) is 14.6. The molecule has 0 aliphatic carbocycles. The summed E-state index contributed by atoms with van der Waals surface area (Å²) in [5.41, 5.74) is 2.55. The van der Waals surface area contributed by atoms with Crippen LogP contribution in [0.5, 0.6) is 11.5 Å². The first-order valence-electron chi connectivity index (χ1n) is 9.83. The van der Waals surface area contributed by atoms with E-state index in [1.165, 1.54) is 0 Å². The fourth-order valence-corrected chi connectivity index (χ4v) is 4.02. The Morgan fingerprint density at radius 1 is 1.13 bits per heavy atom. The highest BCUT2D eigenvalue weighted by Gasteiger charge is 2.33. The number of aryl methyl sites for hydroxylation is 1. The van der Waals surface area contributed by atoms with Crippen molar-refractivity contribution >= 4 is 23.5 Å². The van der Waals surface area contributed by atoms with Crippen LogP contribution in [-0.4, -0.2) is 24.0 Å². The Kier molecular flexibility index (Phi) is 4.85. The number of rotatable bonds is 4. The van der Waals surface area contributed by atoms with Gasteiger partial charge in [0.15, 0.2) is 5.76 Å². The predicted octanol–water partition coefficient (Wildman–Crippen LogP) is 5.25. The Bertz CT molecular complexity index is 1160. The van der Waals surface area contributed by atoms with Crippen LogP contribution in [0, 0.1) is 6.92 Å². The SMILES string of the molecule is Cc1ccc(/C=C2\Oc3c(ccc4c3CN(CCc3ccccc3Cl)CO4)C2=O)o1. The van der Waals surface area contributed by atoms with Crippen LogP contribution in [0.15, 0.2) is 58.7 Å². The van der Waals surface area contributed by atoms with Gasteiger partial charge in [-0.15, -0.1) is 0 Å². The first kappa shape index (κ1) is 19.0. The van der Waals surface area contributed by atoms with E-state index >= 15 is 0 Å². The van der Waals surface area contributed by atoms with Crippen LogP contribution in [0.3, 0.4) is 0 Å². The van der Waals surface area contributed by atoms with E-state index in [9.17, 15) is 4.79 Å². The molecule has 0 saturated heterocycles. The van der Waals surface area contributed by atoms with E-state index in [4.69, 9.17) is 25.5 Å². The molecule has 6 heteroatoms. The van der Waals surface area contributed by atoms with Crippen LogP contribution < -0.4 is 9.47 Å². The molecule has 5 nitrogen and oxygen atoms in total. The van der Waals surface area contributed by atoms with Gasteiger partial charge in [0.2, 0.25) is 5.78 Å². The Balaban J connectivity index is 1.37. The Hall–Kier alpha value is -3.02. The van der Waals surface area contributed by atoms with Gasteiger partial charge in [0.25, 0.3) is 0 Å². The molecule has 2 aromatic carbocycles. The van der Waals surface area contributed by atoms with Crippen LogP contribution >= 0.6 is 11.6 Å². The molecule has 2 aliphatic rings. The third-order valence-electron chi connectivity index (χ3n) is 5.37. The number of hydrogen-bond donors (Lipinski definition) is 0. The summed E-state index contributed by atoms with van der Waals surface area (Å²) in [5.74, 6) is 2.83. The summed E-state index contributed by atoms with van der Waals surface area (Å²) in [6.45, 7) is 3.77. The molecule has 0 fully saturated rings. The molecule has 0 N–H and O–H groups in total. The minimum Gasteiger partial charge on any atom is -0.478 e. The van der Waals surface area contributed by atoms with Crippen molar-refractivity contribution in [3.05, 3.63) is 87.5 Å². The highest BCUT2D eigenvalue weighted by Crippen LogP contribution is 2.42. The van der Waals surface area contributed by atoms with Crippen molar-refractivity contribution in [2.24, 2.45) is 0 Å². The third-order valence-corrected chi connectivity index (χ3v) is 5.74. The number of hydrogen-bond acceptors (Lipinski definition) is 5. The molecule has 3 aromatic rings. The Morgan fingerprint density at radius 3 is 2.80 bits per heavy atom. The van der Waals surface area contributed by atoms with Crippen molar-refractivity contribution in [3.8, 4) is 11.5 Å². The smallest absolute Gasteiger partial charge is 0.232 e. The molecule has 0 amide bonds. The number of benzene rings is 2. The molecule has 0 unspecified atom stereocenters. The minimum atomic E-state index is -0.143. The van der Waals surface area contributed by atoms with Gasteiger partial charge in [0.1, 0.15) is 29.8 Å². The zero-order valence-corrected chi connectivity index (χ0v) is 17.2. The van der Waals surface area contributed by atoms with Gasteiger partial charge < -0.3 is 13.9 Å². The van der Waals surface area contributed by atoms with Crippen LogP contribution in [0.1, 0.15) is 33.0 Å². The molecule has 0 saturated carbocycles. The van der Waals surface area contributed by atoms with Crippen LogP contribution in [0.4, 0.5) is 0 Å². The molecule has 0 bridgehead atoms. The van der Waals surface area contributed by atoms with Gasteiger partial charge in [-0.25, -0.2) is 0 Å². The molecule has 152 valence electrons. The average Bonchev–Trinajstić information content (AvgIpc) is 3.30. The summed E-state index contributed by atoms with van der Waals surface area (Å²) in [5, 5.41) is 0.772. The van der Waals surface area contributed by atoms with Crippen molar-refractivity contribution in [3.63, 3.8) is 0 Å². The fourth-order valence-electron chi connectivity index (χ4n) is 3.79. The zero-order valence-electron chi connectivity index (χ0n) is 16.5. The van der Waals surface area contributed by atoms with Gasteiger partial charge in [-0.2, -0.15) is 0 Å². The van der Waals surface area contributed by atoms with Crippen molar-refractivity contribution in [2.75, 3.05) is 13.3 Å². The summed E-state index contributed by atoms with van der Waals surface area (Å²) in [6, 6.07) is 15.1. The van der Waals surface area contributed by atoms with Crippen LogP contribution in [-0.2, 0) is 13.0 Å². The van der Waals surface area contributed by atoms with E-state index in [1.54, 1.807) is 12.1 Å². The lowest BCUT2D eigenvalue weighted by atomic mass is 10.0. The highest BCUT2D eigenvalue weighted by atomic mass is 35.5. The highest BCUT2D eigenvalue weighted by molar-refractivity contribution is 6.31. The number of ketones is 1. The zero-order chi connectivity index (χ0) is 20.7. The quantitative estimate of drug-likeness (QED) is 0.538. The monoisotopic (exact) mass is 421 g/mol. The molecule has 1 aromatic heterocycles. The molecular weight excluding hydrogens is 402 g/mol. The second-order valence-corrected chi connectivity index (χ2v) is 7.88. The van der Waals surface area contributed by atoms with E-state index in [0.29, 0.717) is 30.3 Å². The van der Waals surface area contributed by atoms with E-state index in [0.717, 1.165) is 40.6 Å². The number of carbonyl (C=O) groups is 1. The predicted molar refractivity (Wildman–Crippen MR) is 114 cm³/mol. The van der Waals surface area contributed by atoms with Crippen LogP contribution in [0.25, 0.3) is 6.08 Å². The number of furan rings is 1. The van der Waals surface area contributed by atoms with Crippen molar-refractivity contribution < 1.29 is 18.7 Å². The number of Topliss-reactive ketones (excluding diaryl/α,β-unsaturated/α-hetero) is 1. The van der Waals surface area contributed by atoms with Gasteiger partial charge in [0, 0.05) is 24.2 Å². The minimum absolute atomic E-state index is 0.143. The summed E-state index contributed by atoms with van der Waals surface area (Å²) in [6.07, 6.45) is 2.46. The van der Waals surface area contributed by atoms with E-state index in [-0.39, 0.29) is 11.5 Å². The van der Waals surface area contributed by atoms with Gasteiger partial charge in [0.05, 0.1) is 11.1 Å². The standard InChI is InChI=1S/C24H20ClNO4/c1-15-6-7-17(29-15)12-22-23(27)18-8-9-21-19(24(18)30-22)13-26(14-28-21)11-10-16-4-2-3-5-20(16)25/h2-9,12H,10-11,13-14H2,1H3/b22-12-. The summed E-state index contributed by atoms with van der Waals surface area (Å²) < 4.78 is 17.5. The molecule has 3 heterocycles. The number of allylic oxidation sites excluding steroid dienone is 1. The summed E-state index contributed by atoms with van der Waals surface area (Å²) >= 11 is 6.28. The number of nitrogens with zero attached hydrogens (tertiary/aromatic N) is 1. The lowest BCUT2D eigenvalue weighted by Crippen LogP contribution is -2.33. The number of fused-ring (bicyclic) bond motifs is 3. The van der Waals surface area contributed by atoms with E-state index < -0.39 is 0 Å². The maximum atomic E-state index is 12.8. The van der Waals surface area contributed by atoms with Gasteiger partial charge in [-0.05, 0) is 49.2 Å². The normalized spacial score (nSPS) is 16.9. The maximum Gasteiger partial charge on any atom is 0.232 e. The average molecular weight is 422 g/mol. The Morgan fingerprint density at radius 2 is 2.00 bits per heavy atom. The second-order valence-electron chi connectivity index (χ2n) is 7.47. The number of ether oxygens (including phenoxy) is 2. The molecule has 0 atom stereocenters. The Labute approximate surface area is 179 Å². The molecular formula is C24H20ClNO4. The summed E-state index contributed by atoms with van der Waals surface area (Å²) in [7, 11) is 0. The number of carbonyl (C=O) groups excluding carboxylic acids is 1. The lowest BCUT2D eigenvalue weighted by molar-refractivity contribution is 0.0950. The van der Waals surface area contributed by atoms with Crippen molar-refractivity contribution in [1.82, 2.24) is 4.90 Å². The van der Waals surface area contributed by atoms with Crippen molar-refractivity contribution in [2.45, 2.75) is 19.9 Å². The van der Waals surface area contributed by atoms with Crippen molar-refractivity contribution in [1.29, 1.82) is 0 Å². The van der Waals surface area contributed by atoms with E-state index in [2.05, 4.69) is 4.90 Å². The molecule has 0 radical (unpaired) electrons. The van der Waals surface area contributed by atoms with Gasteiger partial charge in [-0.1, -0.05) is 29.8 Å². The lowest BCUT2D eigenvalue weighted by Gasteiger charge is -2.29. The maximum absolute atomic E-state index is 12.8. The van der Waals surface area contributed by atoms with E-state index in [1.807, 2.05) is 49.4 Å². The topological polar surface area (TPSA) is 51.9 Å². The number of halogens is 1. The van der Waals surface area contributed by atoms with Gasteiger partial charge >= 0.3 is 0 Å². The molecule has 0 spiro atoms. The first-order valence-corrected chi connectivity index (χ1v) is 10.2. The molecule has 2 aliphatic heterocycles. The molecule has 5 rings (SSSR count). The fraction of sp³-hybridized carbons (Fsp3) is 0.208. The largest absolute Gasteiger partial charge is 0.478 e. The van der Waals surface area contributed by atoms with Gasteiger partial charge in [-0.3, -0.25) is 9.69 Å². The molecule has 30 heavy (non-hydrogen) atoms. The third kappa shape index (κ3) is 3.51. The van der Waals surface area contributed by atoms with Crippen LogP contribution in [0.2, 0.25) is 5.02 Å². The second kappa shape index (κ2) is 7.67.